The molecule has 7 nitrogen and oxygen atoms in total. The number of hydrogen-bond donors (Lipinski definition) is 1. The van der Waals surface area contributed by atoms with Crippen LogP contribution in [0.2, 0.25) is 0 Å². The van der Waals surface area contributed by atoms with Gasteiger partial charge in [0.2, 0.25) is 5.95 Å². The van der Waals surface area contributed by atoms with Crippen molar-refractivity contribution in [2.45, 2.75) is 25.3 Å². The van der Waals surface area contributed by atoms with E-state index in [1.54, 1.807) is 24.8 Å². The van der Waals surface area contributed by atoms with Crippen molar-refractivity contribution in [2.75, 3.05) is 5.32 Å². The number of nitrogens with one attached hydrogen (secondary N) is 1. The highest BCUT2D eigenvalue weighted by molar-refractivity contribution is 5.99. The van der Waals surface area contributed by atoms with Gasteiger partial charge in [-0.1, -0.05) is 0 Å². The van der Waals surface area contributed by atoms with Crippen molar-refractivity contribution < 1.29 is 4.79 Å². The normalized spacial score (nSPS) is 18.9. The molecule has 26 heavy (non-hydrogen) atoms. The van der Waals surface area contributed by atoms with Crippen LogP contribution in [0.25, 0.3) is 11.4 Å². The van der Waals surface area contributed by atoms with E-state index in [0.29, 0.717) is 18.2 Å². The van der Waals surface area contributed by atoms with Crippen molar-refractivity contribution in [3.63, 3.8) is 0 Å². The van der Waals surface area contributed by atoms with Crippen LogP contribution in [-0.4, -0.2) is 30.5 Å². The first-order valence-corrected chi connectivity index (χ1v) is 8.61. The van der Waals surface area contributed by atoms with Gasteiger partial charge < -0.3 is 5.32 Å². The van der Waals surface area contributed by atoms with Crippen LogP contribution in [-0.2, 0) is 4.79 Å². The first-order valence-electron chi connectivity index (χ1n) is 8.61. The Morgan fingerprint density at radius 2 is 1.73 bits per heavy atom. The molecule has 0 radical (unpaired) electrons. The van der Waals surface area contributed by atoms with Crippen LogP contribution in [0, 0.1) is 0 Å². The summed E-state index contributed by atoms with van der Waals surface area (Å²) in [6.45, 7) is 0. The van der Waals surface area contributed by atoms with Gasteiger partial charge in [-0.15, -0.1) is 5.10 Å². The lowest BCUT2D eigenvalue weighted by molar-refractivity contribution is -0.116. The molecule has 0 spiro atoms. The van der Waals surface area contributed by atoms with E-state index < -0.39 is 0 Å². The van der Waals surface area contributed by atoms with Gasteiger partial charge in [-0.05, 0) is 42.7 Å². The predicted octanol–water partition coefficient (Wildman–Crippen LogP) is 2.76. The summed E-state index contributed by atoms with van der Waals surface area (Å²) >= 11 is 0. The first-order chi connectivity index (χ1) is 12.8. The molecule has 3 aromatic rings. The molecule has 0 aromatic carbocycles. The number of rotatable bonds is 2. The summed E-state index contributed by atoms with van der Waals surface area (Å²) in [5.74, 6) is 1.44. The summed E-state index contributed by atoms with van der Waals surface area (Å²) < 4.78 is 1.81. The SMILES string of the molecule is O=C1CCCC2=C1C(c1ccncc1)n1nc(-c3ccncc3)nc1N2. The van der Waals surface area contributed by atoms with Crippen LogP contribution >= 0.6 is 0 Å². The molecule has 5 rings (SSSR count). The lowest BCUT2D eigenvalue weighted by Crippen LogP contribution is -2.31. The molecule has 2 aliphatic rings. The Morgan fingerprint density at radius 3 is 2.50 bits per heavy atom. The van der Waals surface area contributed by atoms with Crippen molar-refractivity contribution in [1.29, 1.82) is 0 Å². The summed E-state index contributed by atoms with van der Waals surface area (Å²) in [5.41, 5.74) is 3.63. The van der Waals surface area contributed by atoms with Crippen molar-refractivity contribution in [1.82, 2.24) is 24.7 Å². The Kier molecular flexibility index (Phi) is 3.38. The number of carbonyl (C=O) groups is 1. The van der Waals surface area contributed by atoms with Gasteiger partial charge in [0.05, 0.1) is 0 Å². The summed E-state index contributed by atoms with van der Waals surface area (Å²) in [7, 11) is 0. The minimum absolute atomic E-state index is 0.173. The molecular formula is C19H16N6O. The lowest BCUT2D eigenvalue weighted by atomic mass is 9.86. The summed E-state index contributed by atoms with van der Waals surface area (Å²) in [6.07, 6.45) is 9.20. The van der Waals surface area contributed by atoms with E-state index in [4.69, 9.17) is 5.10 Å². The average Bonchev–Trinajstić information content (AvgIpc) is 3.12. The van der Waals surface area contributed by atoms with Crippen molar-refractivity contribution in [2.24, 2.45) is 0 Å². The van der Waals surface area contributed by atoms with Crippen LogP contribution < -0.4 is 5.32 Å². The van der Waals surface area contributed by atoms with Crippen molar-refractivity contribution in [3.05, 3.63) is 65.9 Å². The third kappa shape index (κ3) is 2.32. The van der Waals surface area contributed by atoms with E-state index in [1.807, 2.05) is 28.9 Å². The quantitative estimate of drug-likeness (QED) is 0.769. The third-order valence-corrected chi connectivity index (χ3v) is 4.83. The first kappa shape index (κ1) is 14.9. The van der Waals surface area contributed by atoms with E-state index in [0.717, 1.165) is 35.2 Å². The van der Waals surface area contributed by atoms with Crippen LogP contribution in [0.4, 0.5) is 5.95 Å². The van der Waals surface area contributed by atoms with E-state index >= 15 is 0 Å². The lowest BCUT2D eigenvalue weighted by Gasteiger charge is -2.32. The summed E-state index contributed by atoms with van der Waals surface area (Å²) in [4.78, 5) is 25.5. The fourth-order valence-corrected chi connectivity index (χ4v) is 3.63. The Labute approximate surface area is 149 Å². The Hall–Kier alpha value is -3.35. The topological polar surface area (TPSA) is 85.6 Å². The van der Waals surface area contributed by atoms with E-state index in [1.165, 1.54) is 0 Å². The van der Waals surface area contributed by atoms with E-state index in [9.17, 15) is 4.79 Å². The summed E-state index contributed by atoms with van der Waals surface area (Å²) in [5, 5.41) is 8.05. The molecule has 1 N–H and O–H groups in total. The largest absolute Gasteiger partial charge is 0.328 e. The van der Waals surface area contributed by atoms with Gasteiger partial charge in [0.25, 0.3) is 0 Å². The van der Waals surface area contributed by atoms with Gasteiger partial charge in [0.1, 0.15) is 6.04 Å². The molecule has 1 atom stereocenters. The number of carbonyl (C=O) groups excluding carboxylic acids is 1. The van der Waals surface area contributed by atoms with E-state index in [-0.39, 0.29) is 11.8 Å². The average molecular weight is 344 g/mol. The fourth-order valence-electron chi connectivity index (χ4n) is 3.63. The fraction of sp³-hybridized carbons (Fsp3) is 0.211. The Morgan fingerprint density at radius 1 is 1.00 bits per heavy atom. The van der Waals surface area contributed by atoms with Crippen molar-refractivity contribution >= 4 is 11.7 Å². The van der Waals surface area contributed by atoms with Gasteiger partial charge in [-0.25, -0.2) is 4.68 Å². The predicted molar refractivity (Wildman–Crippen MR) is 95.1 cm³/mol. The number of allylic oxidation sites excluding steroid dienone is 2. The number of ketones is 1. The second kappa shape index (κ2) is 5.87. The zero-order chi connectivity index (χ0) is 17.5. The van der Waals surface area contributed by atoms with Gasteiger partial charge in [-0.2, -0.15) is 4.98 Å². The van der Waals surface area contributed by atoms with Crippen LogP contribution in [0.1, 0.15) is 30.9 Å². The van der Waals surface area contributed by atoms with Gasteiger partial charge >= 0.3 is 0 Å². The second-order valence-electron chi connectivity index (χ2n) is 6.42. The maximum atomic E-state index is 12.7. The molecule has 4 heterocycles. The molecule has 1 unspecified atom stereocenters. The number of Topliss-reactive ketones (excluding diaryl/α,β-unsaturated/α-hetero) is 1. The maximum absolute atomic E-state index is 12.7. The Bertz CT molecular complexity index is 1010. The molecule has 0 bridgehead atoms. The zero-order valence-electron chi connectivity index (χ0n) is 14.0. The number of pyridine rings is 2. The number of fused-ring (bicyclic) bond motifs is 1. The van der Waals surface area contributed by atoms with Crippen LogP contribution in [0.3, 0.4) is 0 Å². The zero-order valence-corrected chi connectivity index (χ0v) is 14.0. The molecule has 1 aliphatic heterocycles. The monoisotopic (exact) mass is 344 g/mol. The van der Waals surface area contributed by atoms with Gasteiger partial charge in [-0.3, -0.25) is 14.8 Å². The van der Waals surface area contributed by atoms with Gasteiger partial charge in [0.15, 0.2) is 11.6 Å². The molecular weight excluding hydrogens is 328 g/mol. The minimum Gasteiger partial charge on any atom is -0.328 e. The minimum atomic E-state index is -0.278. The molecule has 0 saturated carbocycles. The highest BCUT2D eigenvalue weighted by atomic mass is 16.1. The number of aromatic nitrogens is 5. The molecule has 3 aromatic heterocycles. The number of hydrogen-bond acceptors (Lipinski definition) is 6. The highest BCUT2D eigenvalue weighted by Crippen LogP contribution is 2.40. The second-order valence-corrected chi connectivity index (χ2v) is 6.42. The molecule has 0 amide bonds. The summed E-state index contributed by atoms with van der Waals surface area (Å²) in [6, 6.07) is 7.34. The molecule has 0 saturated heterocycles. The third-order valence-electron chi connectivity index (χ3n) is 4.83. The molecule has 0 fully saturated rings. The number of anilines is 1. The van der Waals surface area contributed by atoms with E-state index in [2.05, 4.69) is 20.3 Å². The highest BCUT2D eigenvalue weighted by Gasteiger charge is 2.36. The van der Waals surface area contributed by atoms with Gasteiger partial charge in [0, 0.05) is 48.0 Å². The van der Waals surface area contributed by atoms with Crippen molar-refractivity contribution in [3.8, 4) is 11.4 Å². The smallest absolute Gasteiger partial charge is 0.226 e. The molecule has 1 aliphatic carbocycles. The molecule has 7 heteroatoms. The Balaban J connectivity index is 1.69. The molecule has 128 valence electrons. The van der Waals surface area contributed by atoms with Crippen LogP contribution in [0.5, 0.6) is 0 Å². The standard InChI is InChI=1S/C19H16N6O/c26-15-3-1-2-14-16(15)17(12-4-8-20-9-5-12)25-19(22-14)23-18(24-25)13-6-10-21-11-7-13/h4-11,17H,1-3H2,(H,22,23,24). The maximum Gasteiger partial charge on any atom is 0.226 e. The number of nitrogens with zero attached hydrogens (tertiary/aromatic N) is 5. The van der Waals surface area contributed by atoms with Crippen LogP contribution in [0.15, 0.2) is 60.3 Å².